The minimum Gasteiger partial charge on any atom is -0.464 e. The molecular weight excluding hydrogens is 244 g/mol. The number of carbonyl (C=O) groups excluding carboxylic acids is 1. The van der Waals surface area contributed by atoms with Crippen LogP contribution in [0.2, 0.25) is 0 Å². The van der Waals surface area contributed by atoms with E-state index in [-0.39, 0.29) is 5.97 Å². The molecule has 0 spiro atoms. The summed E-state index contributed by atoms with van der Waals surface area (Å²) in [5.41, 5.74) is 0.368. The summed E-state index contributed by atoms with van der Waals surface area (Å²) in [6, 6.07) is 0. The lowest BCUT2D eigenvalue weighted by atomic mass is 10.3. The Balaban J connectivity index is 2.38. The number of esters is 1. The lowest BCUT2D eigenvalue weighted by Gasteiger charge is -2.07. The molecule has 6 heteroatoms. The number of carbonyl (C=O) groups is 1. The lowest BCUT2D eigenvalue weighted by molar-refractivity contribution is 0.0595. The molecule has 1 heterocycles. The Labute approximate surface area is 104 Å². The maximum atomic E-state index is 11.1. The minimum atomic E-state index is -0.387. The Hall–Kier alpha value is -0.750. The molecule has 0 radical (unpaired) electrons. The van der Waals surface area contributed by atoms with E-state index in [2.05, 4.69) is 28.2 Å². The minimum absolute atomic E-state index is 0.368. The number of ether oxygens (including phenoxy) is 1. The van der Waals surface area contributed by atoms with Crippen LogP contribution in [-0.2, 0) is 4.74 Å². The van der Waals surface area contributed by atoms with E-state index in [0.717, 1.165) is 18.1 Å². The van der Waals surface area contributed by atoms with Crippen LogP contribution in [0.4, 0.5) is 5.13 Å². The molecule has 0 aliphatic rings. The highest BCUT2D eigenvalue weighted by Crippen LogP contribution is 2.17. The molecule has 0 bridgehead atoms. The van der Waals surface area contributed by atoms with Crippen LogP contribution in [0.25, 0.3) is 0 Å². The molecule has 16 heavy (non-hydrogen) atoms. The van der Waals surface area contributed by atoms with E-state index in [9.17, 15) is 4.79 Å². The second-order valence-electron chi connectivity index (χ2n) is 3.29. The monoisotopic (exact) mass is 260 g/mol. The predicted molar refractivity (Wildman–Crippen MR) is 69.5 cm³/mol. The standard InChI is InChI=1S/C10H16N2O2S2/c1-7(15-3)4-5-11-10-12-8(6-16-10)9(13)14-2/h6-7H,4-5H2,1-3H3,(H,11,12). The van der Waals surface area contributed by atoms with Gasteiger partial charge in [-0.05, 0) is 12.7 Å². The van der Waals surface area contributed by atoms with E-state index in [0.29, 0.717) is 10.9 Å². The molecule has 1 aromatic heterocycles. The number of hydrogen-bond acceptors (Lipinski definition) is 6. The summed E-state index contributed by atoms with van der Waals surface area (Å²) in [5, 5.41) is 6.30. The van der Waals surface area contributed by atoms with E-state index in [4.69, 9.17) is 0 Å². The van der Waals surface area contributed by atoms with Crippen LogP contribution in [0.1, 0.15) is 23.8 Å². The van der Waals surface area contributed by atoms with E-state index in [1.165, 1.54) is 18.4 Å². The highest BCUT2D eigenvalue weighted by atomic mass is 32.2. The van der Waals surface area contributed by atoms with Gasteiger partial charge in [0, 0.05) is 17.2 Å². The molecule has 4 nitrogen and oxygen atoms in total. The maximum Gasteiger partial charge on any atom is 0.357 e. The number of nitrogens with one attached hydrogen (secondary N) is 1. The fourth-order valence-corrected chi connectivity index (χ4v) is 2.12. The van der Waals surface area contributed by atoms with Gasteiger partial charge in [-0.3, -0.25) is 0 Å². The molecule has 0 fully saturated rings. The Kier molecular flexibility index (Phi) is 5.62. The Bertz CT molecular complexity index is 341. The van der Waals surface area contributed by atoms with Crippen LogP contribution in [0.3, 0.4) is 0 Å². The zero-order chi connectivity index (χ0) is 12.0. The molecule has 1 aromatic rings. The quantitative estimate of drug-likeness (QED) is 0.796. The van der Waals surface area contributed by atoms with Gasteiger partial charge in [-0.1, -0.05) is 6.92 Å². The third-order valence-corrected chi connectivity index (χ3v) is 3.97. The highest BCUT2D eigenvalue weighted by Gasteiger charge is 2.10. The van der Waals surface area contributed by atoms with Gasteiger partial charge in [-0.2, -0.15) is 11.8 Å². The fourth-order valence-electron chi connectivity index (χ4n) is 1.05. The number of methoxy groups -OCH3 is 1. The zero-order valence-corrected chi connectivity index (χ0v) is 11.3. The number of anilines is 1. The molecule has 0 aliphatic heterocycles. The summed E-state index contributed by atoms with van der Waals surface area (Å²) < 4.78 is 4.58. The summed E-state index contributed by atoms with van der Waals surface area (Å²) >= 11 is 3.27. The van der Waals surface area contributed by atoms with Crippen molar-refractivity contribution >= 4 is 34.2 Å². The predicted octanol–water partition coefficient (Wildman–Crippen LogP) is 2.48. The summed E-state index contributed by atoms with van der Waals surface area (Å²) in [6.45, 7) is 3.06. The van der Waals surface area contributed by atoms with Crippen LogP contribution in [0, 0.1) is 0 Å². The average molecular weight is 260 g/mol. The highest BCUT2D eigenvalue weighted by molar-refractivity contribution is 7.99. The van der Waals surface area contributed by atoms with E-state index < -0.39 is 0 Å². The van der Waals surface area contributed by atoms with Gasteiger partial charge in [0.05, 0.1) is 7.11 Å². The smallest absolute Gasteiger partial charge is 0.357 e. The van der Waals surface area contributed by atoms with Crippen molar-refractivity contribution in [3.63, 3.8) is 0 Å². The largest absolute Gasteiger partial charge is 0.464 e. The Morgan fingerprint density at radius 2 is 2.50 bits per heavy atom. The molecule has 90 valence electrons. The number of nitrogens with zero attached hydrogens (tertiary/aromatic N) is 1. The molecular formula is C10H16N2O2S2. The van der Waals surface area contributed by atoms with Gasteiger partial charge >= 0.3 is 5.97 Å². The number of thiazole rings is 1. The van der Waals surface area contributed by atoms with Gasteiger partial charge in [0.15, 0.2) is 10.8 Å². The summed E-state index contributed by atoms with van der Waals surface area (Å²) in [7, 11) is 1.36. The molecule has 1 N–H and O–H groups in total. The SMILES string of the molecule is COC(=O)c1csc(NCCC(C)SC)n1. The van der Waals surface area contributed by atoms with Gasteiger partial charge in [0.2, 0.25) is 0 Å². The fraction of sp³-hybridized carbons (Fsp3) is 0.600. The average Bonchev–Trinajstić information content (AvgIpc) is 2.76. The van der Waals surface area contributed by atoms with Crippen molar-refractivity contribution in [1.29, 1.82) is 0 Å². The second-order valence-corrected chi connectivity index (χ2v) is 5.43. The molecule has 0 saturated carbocycles. The molecule has 1 atom stereocenters. The molecule has 0 aliphatic carbocycles. The van der Waals surface area contributed by atoms with Crippen LogP contribution in [-0.4, -0.2) is 36.1 Å². The maximum absolute atomic E-state index is 11.1. The first kappa shape index (κ1) is 13.3. The van der Waals surface area contributed by atoms with Gasteiger partial charge in [-0.25, -0.2) is 9.78 Å². The molecule has 1 unspecified atom stereocenters. The van der Waals surface area contributed by atoms with Gasteiger partial charge in [-0.15, -0.1) is 11.3 Å². The molecule has 1 rings (SSSR count). The van der Waals surface area contributed by atoms with Crippen LogP contribution in [0.15, 0.2) is 5.38 Å². The van der Waals surface area contributed by atoms with E-state index in [1.807, 2.05) is 11.8 Å². The first-order valence-electron chi connectivity index (χ1n) is 4.98. The third kappa shape index (κ3) is 4.02. The zero-order valence-electron chi connectivity index (χ0n) is 9.65. The Morgan fingerprint density at radius 3 is 3.12 bits per heavy atom. The van der Waals surface area contributed by atoms with Crippen molar-refractivity contribution in [2.75, 3.05) is 25.2 Å². The number of rotatable bonds is 6. The number of thioether (sulfide) groups is 1. The van der Waals surface area contributed by atoms with Crippen molar-refractivity contribution in [2.24, 2.45) is 0 Å². The van der Waals surface area contributed by atoms with Crippen molar-refractivity contribution < 1.29 is 9.53 Å². The van der Waals surface area contributed by atoms with Crippen LogP contribution >= 0.6 is 23.1 Å². The van der Waals surface area contributed by atoms with Crippen LogP contribution in [0.5, 0.6) is 0 Å². The normalized spacial score (nSPS) is 12.2. The summed E-state index contributed by atoms with van der Waals surface area (Å²) in [6.07, 6.45) is 3.18. The van der Waals surface area contributed by atoms with Crippen LogP contribution < -0.4 is 5.32 Å². The van der Waals surface area contributed by atoms with Gasteiger partial charge in [0.1, 0.15) is 0 Å². The first-order valence-corrected chi connectivity index (χ1v) is 7.14. The molecule has 0 saturated heterocycles. The van der Waals surface area contributed by atoms with Crippen molar-refractivity contribution in [3.05, 3.63) is 11.1 Å². The van der Waals surface area contributed by atoms with Gasteiger partial charge in [0.25, 0.3) is 0 Å². The topological polar surface area (TPSA) is 51.2 Å². The van der Waals surface area contributed by atoms with Gasteiger partial charge < -0.3 is 10.1 Å². The van der Waals surface area contributed by atoms with Crippen molar-refractivity contribution in [1.82, 2.24) is 4.98 Å². The van der Waals surface area contributed by atoms with Crippen molar-refractivity contribution in [3.8, 4) is 0 Å². The van der Waals surface area contributed by atoms with E-state index in [1.54, 1.807) is 5.38 Å². The lowest BCUT2D eigenvalue weighted by Crippen LogP contribution is -2.08. The molecule has 0 amide bonds. The second kappa shape index (κ2) is 6.75. The number of hydrogen-bond donors (Lipinski definition) is 1. The van der Waals surface area contributed by atoms with Crippen molar-refractivity contribution in [2.45, 2.75) is 18.6 Å². The third-order valence-electron chi connectivity index (χ3n) is 2.13. The number of aromatic nitrogens is 1. The summed E-state index contributed by atoms with van der Waals surface area (Å²) in [4.78, 5) is 15.3. The first-order chi connectivity index (χ1) is 7.67. The van der Waals surface area contributed by atoms with E-state index >= 15 is 0 Å². The Morgan fingerprint density at radius 1 is 1.75 bits per heavy atom. The summed E-state index contributed by atoms with van der Waals surface area (Å²) in [5.74, 6) is -0.387. The molecule has 0 aromatic carbocycles.